The molecule has 144 valence electrons. The number of rotatable bonds is 6. The van der Waals surface area contributed by atoms with Crippen LogP contribution in [-0.4, -0.2) is 27.0 Å². The fourth-order valence-electron chi connectivity index (χ4n) is 2.43. The van der Waals surface area contributed by atoms with Gasteiger partial charge >= 0.3 is 12.1 Å². The van der Waals surface area contributed by atoms with Gasteiger partial charge in [0, 0.05) is 17.8 Å². The third-order valence-electron chi connectivity index (χ3n) is 3.73. The van der Waals surface area contributed by atoms with Crippen molar-refractivity contribution in [1.82, 2.24) is 4.73 Å². The Bertz CT molecular complexity index is 948. The van der Waals surface area contributed by atoms with Gasteiger partial charge in [-0.3, -0.25) is 5.32 Å². The van der Waals surface area contributed by atoms with Crippen LogP contribution in [-0.2, 0) is 22.6 Å². The first-order valence-corrected chi connectivity index (χ1v) is 8.39. The maximum atomic E-state index is 12.0. The van der Waals surface area contributed by atoms with E-state index < -0.39 is 23.8 Å². The summed E-state index contributed by atoms with van der Waals surface area (Å²) in [7, 11) is 0. The number of nitrogens with one attached hydrogen (secondary N) is 1. The Labute approximate surface area is 160 Å². The van der Waals surface area contributed by atoms with Gasteiger partial charge in [-0.1, -0.05) is 42.5 Å². The second kappa shape index (κ2) is 8.63. The molecule has 0 radical (unpaired) electrons. The molecule has 0 aliphatic carbocycles. The van der Waals surface area contributed by atoms with Crippen LogP contribution in [0.5, 0.6) is 11.8 Å². The number of hydrogen-bond donors (Lipinski definition) is 3. The Balaban J connectivity index is 1.54. The smallest absolute Gasteiger partial charge is 0.411 e. The summed E-state index contributed by atoms with van der Waals surface area (Å²) >= 11 is 0. The molecule has 0 aliphatic rings. The van der Waals surface area contributed by atoms with E-state index in [2.05, 4.69) is 5.32 Å². The van der Waals surface area contributed by atoms with Gasteiger partial charge < -0.3 is 19.8 Å². The van der Waals surface area contributed by atoms with Crippen LogP contribution in [0, 0.1) is 0 Å². The van der Waals surface area contributed by atoms with Gasteiger partial charge in [0.25, 0.3) is 0 Å². The van der Waals surface area contributed by atoms with Crippen LogP contribution in [0.15, 0.2) is 66.7 Å². The van der Waals surface area contributed by atoms with Crippen LogP contribution in [0.2, 0.25) is 0 Å². The first-order valence-electron chi connectivity index (χ1n) is 8.39. The highest BCUT2D eigenvalue weighted by Gasteiger charge is 2.13. The minimum Gasteiger partial charge on any atom is -0.492 e. The first-order chi connectivity index (χ1) is 13.5. The normalized spacial score (nSPS) is 10.3. The number of benzene rings is 2. The monoisotopic (exact) mass is 382 g/mol. The number of carbonyl (C=O) groups is 2. The molecule has 3 rings (SSSR count). The molecule has 1 amide bonds. The van der Waals surface area contributed by atoms with Crippen molar-refractivity contribution in [3.05, 3.63) is 77.9 Å². The fraction of sp³-hybridized carbons (Fsp3) is 0.100. The number of aromatic hydroxyl groups is 2. The average Bonchev–Trinajstić information content (AvgIpc) is 2.99. The van der Waals surface area contributed by atoms with Crippen LogP contribution in [0.1, 0.15) is 11.1 Å². The molecule has 0 saturated carbocycles. The predicted octanol–water partition coefficient (Wildman–Crippen LogP) is 2.85. The minimum atomic E-state index is -0.703. The van der Waals surface area contributed by atoms with E-state index >= 15 is 0 Å². The fourth-order valence-corrected chi connectivity index (χ4v) is 2.43. The molecule has 28 heavy (non-hydrogen) atoms. The van der Waals surface area contributed by atoms with Crippen molar-refractivity contribution in [2.75, 3.05) is 5.32 Å². The summed E-state index contributed by atoms with van der Waals surface area (Å²) in [6, 6.07) is 18.2. The van der Waals surface area contributed by atoms with E-state index in [0.717, 1.165) is 5.56 Å². The van der Waals surface area contributed by atoms with Gasteiger partial charge in [-0.15, -0.1) is 4.73 Å². The second-order valence-corrected chi connectivity index (χ2v) is 5.87. The highest BCUT2D eigenvalue weighted by atomic mass is 16.7. The molecule has 0 saturated heterocycles. The van der Waals surface area contributed by atoms with Crippen molar-refractivity contribution in [1.29, 1.82) is 0 Å². The number of ether oxygens (including phenoxy) is 1. The Morgan fingerprint density at radius 3 is 2.29 bits per heavy atom. The molecule has 8 heteroatoms. The van der Waals surface area contributed by atoms with Gasteiger partial charge in [-0.2, -0.15) is 0 Å². The van der Waals surface area contributed by atoms with E-state index in [-0.39, 0.29) is 13.0 Å². The van der Waals surface area contributed by atoms with Gasteiger partial charge in [-0.05, 0) is 23.3 Å². The van der Waals surface area contributed by atoms with E-state index in [9.17, 15) is 19.8 Å². The summed E-state index contributed by atoms with van der Waals surface area (Å²) < 4.78 is 5.77. The van der Waals surface area contributed by atoms with Crippen LogP contribution in [0.25, 0.3) is 0 Å². The minimum absolute atomic E-state index is 0.133. The lowest BCUT2D eigenvalue weighted by Gasteiger charge is -2.09. The zero-order valence-electron chi connectivity index (χ0n) is 14.7. The Morgan fingerprint density at radius 2 is 1.57 bits per heavy atom. The maximum Gasteiger partial charge on any atom is 0.411 e. The van der Waals surface area contributed by atoms with Crippen molar-refractivity contribution >= 4 is 17.7 Å². The van der Waals surface area contributed by atoms with Crippen molar-refractivity contribution in [3.8, 4) is 11.8 Å². The molecule has 0 bridgehead atoms. The van der Waals surface area contributed by atoms with Crippen molar-refractivity contribution in [2.45, 2.75) is 13.0 Å². The molecule has 3 aromatic rings. The zero-order chi connectivity index (χ0) is 19.9. The summed E-state index contributed by atoms with van der Waals surface area (Å²) in [5.41, 5.74) is 1.89. The van der Waals surface area contributed by atoms with Crippen LogP contribution in [0.4, 0.5) is 10.5 Å². The average molecular weight is 382 g/mol. The van der Waals surface area contributed by atoms with Crippen molar-refractivity contribution < 1.29 is 29.4 Å². The molecular formula is C20H18N2O6. The zero-order valence-corrected chi connectivity index (χ0v) is 14.7. The molecule has 8 nitrogen and oxygen atoms in total. The van der Waals surface area contributed by atoms with Crippen molar-refractivity contribution in [3.63, 3.8) is 0 Å². The number of anilines is 1. The largest absolute Gasteiger partial charge is 0.492 e. The molecule has 1 heterocycles. The second-order valence-electron chi connectivity index (χ2n) is 5.87. The quantitative estimate of drug-likeness (QED) is 0.605. The van der Waals surface area contributed by atoms with E-state index in [0.29, 0.717) is 16.0 Å². The Hall–Kier alpha value is -3.94. The van der Waals surface area contributed by atoms with Gasteiger partial charge in [0.2, 0.25) is 11.8 Å². The van der Waals surface area contributed by atoms with Gasteiger partial charge in [0.15, 0.2) is 0 Å². The Kier molecular flexibility index (Phi) is 5.81. The highest BCUT2D eigenvalue weighted by molar-refractivity contribution is 5.85. The molecule has 0 fully saturated rings. The van der Waals surface area contributed by atoms with E-state index in [4.69, 9.17) is 9.57 Å². The van der Waals surface area contributed by atoms with Crippen molar-refractivity contribution in [2.24, 2.45) is 0 Å². The summed E-state index contributed by atoms with van der Waals surface area (Å²) in [4.78, 5) is 28.8. The molecule has 2 aromatic carbocycles. The molecule has 1 aromatic heterocycles. The standard InChI is InChI=1S/C20H18N2O6/c23-17-9-10-18(24)22(17)28-19(25)12-15-7-4-8-16(11-15)21-20(26)27-13-14-5-2-1-3-6-14/h1-11,23-24H,12-13H2,(H,21,26). The Morgan fingerprint density at radius 1 is 0.893 bits per heavy atom. The first kappa shape index (κ1) is 18.8. The third kappa shape index (κ3) is 5.04. The molecule has 0 spiro atoms. The molecular weight excluding hydrogens is 364 g/mol. The lowest BCUT2D eigenvalue weighted by Crippen LogP contribution is -2.21. The lowest BCUT2D eigenvalue weighted by molar-refractivity contribution is -0.144. The molecule has 0 aliphatic heterocycles. The van der Waals surface area contributed by atoms with E-state index in [1.807, 2.05) is 30.3 Å². The summed E-state index contributed by atoms with van der Waals surface area (Å²) in [6.07, 6.45) is -0.753. The van der Waals surface area contributed by atoms with Gasteiger partial charge in [0.1, 0.15) is 6.61 Å². The summed E-state index contributed by atoms with van der Waals surface area (Å²) in [6.45, 7) is 0.141. The molecule has 3 N–H and O–H groups in total. The SMILES string of the molecule is O=C(Cc1cccc(NC(=O)OCc2ccccc2)c1)On1c(O)ccc1O. The topological polar surface area (TPSA) is 110 Å². The number of hydrogen-bond acceptors (Lipinski definition) is 6. The lowest BCUT2D eigenvalue weighted by atomic mass is 10.1. The number of carbonyl (C=O) groups excluding carboxylic acids is 2. The van der Waals surface area contributed by atoms with Crippen LogP contribution >= 0.6 is 0 Å². The summed E-state index contributed by atoms with van der Waals surface area (Å²) in [5, 5.41) is 21.6. The van der Waals surface area contributed by atoms with Gasteiger partial charge in [-0.25, -0.2) is 9.59 Å². The predicted molar refractivity (Wildman–Crippen MR) is 99.7 cm³/mol. The van der Waals surface area contributed by atoms with Crippen LogP contribution in [0.3, 0.4) is 0 Å². The van der Waals surface area contributed by atoms with E-state index in [1.54, 1.807) is 24.3 Å². The molecule has 0 atom stereocenters. The molecule has 0 unspecified atom stereocenters. The number of aromatic nitrogens is 1. The van der Waals surface area contributed by atoms with Gasteiger partial charge in [0.05, 0.1) is 6.42 Å². The number of amides is 1. The summed E-state index contributed by atoms with van der Waals surface area (Å²) in [5.74, 6) is -1.50. The van der Waals surface area contributed by atoms with E-state index in [1.165, 1.54) is 12.1 Å². The highest BCUT2D eigenvalue weighted by Crippen LogP contribution is 2.19. The maximum absolute atomic E-state index is 12.0. The third-order valence-corrected chi connectivity index (χ3v) is 3.73. The van der Waals surface area contributed by atoms with Crippen LogP contribution < -0.4 is 10.2 Å². The number of nitrogens with zero attached hydrogens (tertiary/aromatic N) is 1.